The summed E-state index contributed by atoms with van der Waals surface area (Å²) in [5.41, 5.74) is 1.86. The van der Waals surface area contributed by atoms with Gasteiger partial charge in [-0.15, -0.1) is 0 Å². The molecular weight excluding hydrogens is 334 g/mol. The van der Waals surface area contributed by atoms with Gasteiger partial charge in [0.15, 0.2) is 0 Å². The van der Waals surface area contributed by atoms with Gasteiger partial charge in [-0.25, -0.2) is 8.78 Å². The summed E-state index contributed by atoms with van der Waals surface area (Å²) < 4.78 is 27.5. The number of alkyl halides is 1. The summed E-state index contributed by atoms with van der Waals surface area (Å²) in [4.78, 5) is -0.317. The summed E-state index contributed by atoms with van der Waals surface area (Å²) in [7, 11) is 0. The molecule has 0 saturated heterocycles. The maximum absolute atomic E-state index is 14.1. The molecule has 3 aromatic rings. The third-order valence-corrected chi connectivity index (χ3v) is 4.63. The van der Waals surface area contributed by atoms with Crippen LogP contribution in [0.1, 0.15) is 21.5 Å². The minimum absolute atomic E-state index is 0.317. The van der Waals surface area contributed by atoms with Crippen LogP contribution in [0.3, 0.4) is 0 Å². The molecule has 3 heteroatoms. The lowest BCUT2D eigenvalue weighted by molar-refractivity contribution is 0.569. The monoisotopic (exact) mass is 346 g/mol. The lowest BCUT2D eigenvalue weighted by Crippen LogP contribution is -2.00. The van der Waals surface area contributed by atoms with Gasteiger partial charge in [-0.05, 0) is 34.9 Å². The Morgan fingerprint density at radius 1 is 0.857 bits per heavy atom. The Morgan fingerprint density at radius 3 is 2.38 bits per heavy atom. The van der Waals surface area contributed by atoms with E-state index in [9.17, 15) is 8.78 Å². The van der Waals surface area contributed by atoms with Gasteiger partial charge in [-0.3, -0.25) is 0 Å². The van der Waals surface area contributed by atoms with E-state index in [-0.39, 0.29) is 4.83 Å². The van der Waals surface area contributed by atoms with E-state index in [4.69, 9.17) is 0 Å². The maximum Gasteiger partial charge on any atom is 0.130 e. The largest absolute Gasteiger partial charge is 0.207 e. The molecule has 0 bridgehead atoms. The van der Waals surface area contributed by atoms with Crippen LogP contribution in [0, 0.1) is 18.6 Å². The first-order valence-electron chi connectivity index (χ1n) is 6.65. The van der Waals surface area contributed by atoms with Crippen molar-refractivity contribution in [1.29, 1.82) is 0 Å². The summed E-state index contributed by atoms with van der Waals surface area (Å²) in [5, 5.41) is 2.15. The first-order chi connectivity index (χ1) is 10.1. The molecular formula is C18H13BrF2. The second kappa shape index (κ2) is 5.57. The van der Waals surface area contributed by atoms with Crippen LogP contribution in [-0.4, -0.2) is 0 Å². The van der Waals surface area contributed by atoms with Crippen molar-refractivity contribution in [3.05, 3.63) is 82.9 Å². The molecule has 3 aromatic carbocycles. The Kier molecular flexibility index (Phi) is 3.77. The van der Waals surface area contributed by atoms with Gasteiger partial charge in [-0.1, -0.05) is 58.4 Å². The fraction of sp³-hybridized carbons (Fsp3) is 0.111. The van der Waals surface area contributed by atoms with Gasteiger partial charge in [0.2, 0.25) is 0 Å². The molecule has 21 heavy (non-hydrogen) atoms. The van der Waals surface area contributed by atoms with Crippen molar-refractivity contribution in [2.45, 2.75) is 11.8 Å². The van der Waals surface area contributed by atoms with E-state index in [1.807, 2.05) is 42.5 Å². The number of hydrogen-bond donors (Lipinski definition) is 0. The maximum atomic E-state index is 14.1. The highest BCUT2D eigenvalue weighted by Crippen LogP contribution is 2.37. The molecule has 0 heterocycles. The molecule has 0 aliphatic rings. The highest BCUT2D eigenvalue weighted by atomic mass is 79.9. The first-order valence-corrected chi connectivity index (χ1v) is 7.57. The van der Waals surface area contributed by atoms with E-state index < -0.39 is 11.6 Å². The number of hydrogen-bond acceptors (Lipinski definition) is 0. The standard InChI is InChI=1S/C18H13BrF2/c1-11-9-15(17(21)10-16(11)20)18(19)14-8-4-6-12-5-2-3-7-13(12)14/h2-10,18H,1H3. The van der Waals surface area contributed by atoms with Crippen molar-refractivity contribution in [2.24, 2.45) is 0 Å². The Labute approximate surface area is 130 Å². The van der Waals surface area contributed by atoms with Gasteiger partial charge in [0, 0.05) is 11.6 Å². The third kappa shape index (κ3) is 2.58. The summed E-state index contributed by atoms with van der Waals surface area (Å²) >= 11 is 3.56. The number of aryl methyl sites for hydroxylation is 1. The molecule has 1 atom stereocenters. The van der Waals surface area contributed by atoms with Crippen molar-refractivity contribution in [1.82, 2.24) is 0 Å². The summed E-state index contributed by atoms with van der Waals surface area (Å²) in [6.45, 7) is 1.64. The van der Waals surface area contributed by atoms with Crippen molar-refractivity contribution in [2.75, 3.05) is 0 Å². The zero-order valence-corrected chi connectivity index (χ0v) is 13.0. The zero-order valence-electron chi connectivity index (χ0n) is 11.4. The minimum atomic E-state index is -0.534. The lowest BCUT2D eigenvalue weighted by Gasteiger charge is -2.15. The third-order valence-electron chi connectivity index (χ3n) is 3.65. The van der Waals surface area contributed by atoms with Crippen LogP contribution in [0.5, 0.6) is 0 Å². The molecule has 0 radical (unpaired) electrons. The summed E-state index contributed by atoms with van der Waals surface area (Å²) in [5.74, 6) is -1.05. The molecule has 0 saturated carbocycles. The number of rotatable bonds is 2. The normalized spacial score (nSPS) is 12.6. The van der Waals surface area contributed by atoms with Crippen LogP contribution < -0.4 is 0 Å². The van der Waals surface area contributed by atoms with Crippen LogP contribution in [0.15, 0.2) is 54.6 Å². The average Bonchev–Trinajstić information content (AvgIpc) is 2.49. The van der Waals surface area contributed by atoms with Crippen molar-refractivity contribution in [3.8, 4) is 0 Å². The van der Waals surface area contributed by atoms with Crippen molar-refractivity contribution in [3.63, 3.8) is 0 Å². The second-order valence-corrected chi connectivity index (χ2v) is 5.97. The first kappa shape index (κ1) is 14.2. The number of fused-ring (bicyclic) bond motifs is 1. The Bertz CT molecular complexity index is 806. The highest BCUT2D eigenvalue weighted by molar-refractivity contribution is 9.09. The SMILES string of the molecule is Cc1cc(C(Br)c2cccc3ccccc23)c(F)cc1F. The van der Waals surface area contributed by atoms with E-state index in [1.165, 1.54) is 0 Å². The van der Waals surface area contributed by atoms with Gasteiger partial charge < -0.3 is 0 Å². The lowest BCUT2D eigenvalue weighted by atomic mass is 9.97. The molecule has 1 unspecified atom stereocenters. The van der Waals surface area contributed by atoms with Gasteiger partial charge in [0.05, 0.1) is 4.83 Å². The smallest absolute Gasteiger partial charge is 0.130 e. The predicted octanol–water partition coefficient (Wildman–Crippen LogP) is 5.91. The molecule has 0 N–H and O–H groups in total. The predicted molar refractivity (Wildman–Crippen MR) is 85.8 cm³/mol. The molecule has 0 amide bonds. The van der Waals surface area contributed by atoms with E-state index in [2.05, 4.69) is 15.9 Å². The molecule has 0 spiro atoms. The highest BCUT2D eigenvalue weighted by Gasteiger charge is 2.18. The van der Waals surface area contributed by atoms with Crippen LogP contribution in [-0.2, 0) is 0 Å². The average molecular weight is 347 g/mol. The molecule has 0 aliphatic carbocycles. The van der Waals surface area contributed by atoms with Crippen LogP contribution in [0.2, 0.25) is 0 Å². The summed E-state index contributed by atoms with van der Waals surface area (Å²) in [6.07, 6.45) is 0. The number of benzene rings is 3. The summed E-state index contributed by atoms with van der Waals surface area (Å²) in [6, 6.07) is 16.4. The van der Waals surface area contributed by atoms with Crippen LogP contribution in [0.25, 0.3) is 10.8 Å². The number of halogens is 3. The van der Waals surface area contributed by atoms with E-state index in [1.54, 1.807) is 13.0 Å². The fourth-order valence-electron chi connectivity index (χ4n) is 2.51. The Balaban J connectivity index is 2.17. The topological polar surface area (TPSA) is 0 Å². The second-order valence-electron chi connectivity index (χ2n) is 5.05. The van der Waals surface area contributed by atoms with E-state index in [0.717, 1.165) is 22.4 Å². The fourth-order valence-corrected chi connectivity index (χ4v) is 3.26. The van der Waals surface area contributed by atoms with Gasteiger partial charge in [0.25, 0.3) is 0 Å². The van der Waals surface area contributed by atoms with Crippen molar-refractivity contribution < 1.29 is 8.78 Å². The van der Waals surface area contributed by atoms with Crippen LogP contribution >= 0.6 is 15.9 Å². The van der Waals surface area contributed by atoms with E-state index >= 15 is 0 Å². The molecule has 0 fully saturated rings. The Hall–Kier alpha value is -1.74. The van der Waals surface area contributed by atoms with Crippen molar-refractivity contribution >= 4 is 26.7 Å². The zero-order chi connectivity index (χ0) is 15.0. The quantitative estimate of drug-likeness (QED) is 0.506. The Morgan fingerprint density at radius 2 is 1.57 bits per heavy atom. The van der Waals surface area contributed by atoms with Gasteiger partial charge in [0.1, 0.15) is 11.6 Å². The molecule has 3 rings (SSSR count). The molecule has 0 aliphatic heterocycles. The molecule has 106 valence electrons. The molecule has 0 nitrogen and oxygen atoms in total. The van der Waals surface area contributed by atoms with Gasteiger partial charge >= 0.3 is 0 Å². The van der Waals surface area contributed by atoms with E-state index in [0.29, 0.717) is 11.1 Å². The molecule has 0 aromatic heterocycles. The van der Waals surface area contributed by atoms with Crippen LogP contribution in [0.4, 0.5) is 8.78 Å². The minimum Gasteiger partial charge on any atom is -0.207 e. The van der Waals surface area contributed by atoms with Gasteiger partial charge in [-0.2, -0.15) is 0 Å².